The van der Waals surface area contributed by atoms with Gasteiger partial charge in [-0.05, 0) is 42.5 Å². The van der Waals surface area contributed by atoms with Crippen LogP contribution in [0.5, 0.6) is 0 Å². The van der Waals surface area contributed by atoms with Gasteiger partial charge in [-0.15, -0.1) is 0 Å². The molecule has 3 heterocycles. The van der Waals surface area contributed by atoms with Gasteiger partial charge in [0.05, 0.1) is 36.0 Å². The van der Waals surface area contributed by atoms with E-state index in [0.29, 0.717) is 17.0 Å². The second kappa shape index (κ2) is 9.01. The summed E-state index contributed by atoms with van der Waals surface area (Å²) in [5.41, 5.74) is 3.65. The molecule has 1 fully saturated rings. The Morgan fingerprint density at radius 1 is 1.07 bits per heavy atom. The minimum atomic E-state index is -1.44. The van der Waals surface area contributed by atoms with Crippen molar-refractivity contribution in [3.05, 3.63) is 71.9 Å². The predicted molar refractivity (Wildman–Crippen MR) is 113 cm³/mol. The highest BCUT2D eigenvalue weighted by atomic mass is 16.4. The van der Waals surface area contributed by atoms with Gasteiger partial charge in [0, 0.05) is 6.54 Å². The van der Waals surface area contributed by atoms with Crippen LogP contribution >= 0.6 is 0 Å². The average Bonchev–Trinajstić information content (AvgIpc) is 3.23. The fraction of sp³-hybridized carbons (Fsp3) is 0.238. The lowest BCUT2D eigenvalue weighted by Gasteiger charge is -2.24. The zero-order valence-corrected chi connectivity index (χ0v) is 16.3. The minimum absolute atomic E-state index is 0.200. The molecule has 150 valence electrons. The van der Waals surface area contributed by atoms with E-state index in [1.54, 1.807) is 42.9 Å². The Kier molecular flexibility index (Phi) is 6.00. The van der Waals surface area contributed by atoms with Crippen molar-refractivity contribution < 1.29 is 10.0 Å². The SMILES string of the molecule is N#Cc1ccc(Nc2cnc([C@H]3CCCN3Cc3ccc(B(O)O)cc3)cn2)cn1. The molecule has 0 saturated carbocycles. The van der Waals surface area contributed by atoms with Crippen LogP contribution in [0.4, 0.5) is 11.5 Å². The van der Waals surface area contributed by atoms with Crippen molar-refractivity contribution in [2.75, 3.05) is 11.9 Å². The zero-order chi connectivity index (χ0) is 20.9. The molecule has 0 spiro atoms. The first-order valence-corrected chi connectivity index (χ1v) is 9.76. The van der Waals surface area contributed by atoms with Crippen LogP contribution in [0, 0.1) is 11.3 Å². The molecule has 4 rings (SSSR count). The number of benzene rings is 1. The molecular weight excluding hydrogens is 379 g/mol. The second-order valence-corrected chi connectivity index (χ2v) is 7.24. The summed E-state index contributed by atoms with van der Waals surface area (Å²) >= 11 is 0. The summed E-state index contributed by atoms with van der Waals surface area (Å²) in [6.45, 7) is 1.75. The number of aromatic nitrogens is 3. The van der Waals surface area contributed by atoms with E-state index >= 15 is 0 Å². The van der Waals surface area contributed by atoms with Gasteiger partial charge in [-0.3, -0.25) is 9.88 Å². The maximum Gasteiger partial charge on any atom is 0.488 e. The lowest BCUT2D eigenvalue weighted by molar-refractivity contribution is 0.244. The van der Waals surface area contributed by atoms with Gasteiger partial charge in [-0.25, -0.2) is 9.97 Å². The van der Waals surface area contributed by atoms with E-state index in [2.05, 4.69) is 25.2 Å². The Morgan fingerprint density at radius 2 is 1.90 bits per heavy atom. The molecule has 0 unspecified atom stereocenters. The number of hydrogen-bond acceptors (Lipinski definition) is 8. The fourth-order valence-corrected chi connectivity index (χ4v) is 3.64. The van der Waals surface area contributed by atoms with Crippen molar-refractivity contribution in [2.45, 2.75) is 25.4 Å². The summed E-state index contributed by atoms with van der Waals surface area (Å²) in [5.74, 6) is 0.618. The van der Waals surface area contributed by atoms with E-state index in [1.807, 2.05) is 18.2 Å². The predicted octanol–water partition coefficient (Wildman–Crippen LogP) is 1.50. The van der Waals surface area contributed by atoms with Crippen molar-refractivity contribution in [2.24, 2.45) is 0 Å². The smallest absolute Gasteiger partial charge is 0.423 e. The Balaban J connectivity index is 1.41. The Morgan fingerprint density at radius 3 is 2.53 bits per heavy atom. The third-order valence-electron chi connectivity index (χ3n) is 5.19. The summed E-state index contributed by atoms with van der Waals surface area (Å²) in [6, 6.07) is 12.9. The Bertz CT molecular complexity index is 1020. The van der Waals surface area contributed by atoms with Gasteiger partial charge < -0.3 is 15.4 Å². The van der Waals surface area contributed by atoms with Crippen LogP contribution in [-0.4, -0.2) is 43.6 Å². The number of nitrogens with zero attached hydrogens (tertiary/aromatic N) is 5. The quantitative estimate of drug-likeness (QED) is 0.533. The number of nitrogens with one attached hydrogen (secondary N) is 1. The van der Waals surface area contributed by atoms with Crippen LogP contribution in [0.15, 0.2) is 55.0 Å². The lowest BCUT2D eigenvalue weighted by atomic mass is 9.80. The highest BCUT2D eigenvalue weighted by Gasteiger charge is 2.27. The van der Waals surface area contributed by atoms with Crippen molar-refractivity contribution in [1.82, 2.24) is 19.9 Å². The molecule has 0 radical (unpaired) electrons. The van der Waals surface area contributed by atoms with Crippen LogP contribution < -0.4 is 10.8 Å². The van der Waals surface area contributed by atoms with Gasteiger partial charge in [0.1, 0.15) is 17.6 Å². The standard InChI is InChI=1S/C21H21BN6O2/c23-10-17-7-8-18(11-24-17)27-21-13-25-19(12-26-21)20-2-1-9-28(20)14-15-3-5-16(6-4-15)22(29)30/h3-8,11-13,20,29-30H,1-2,9,14H2,(H,26,27)/t20-/m1/s1. The highest BCUT2D eigenvalue weighted by molar-refractivity contribution is 6.58. The van der Waals surface area contributed by atoms with Crippen molar-refractivity contribution in [1.29, 1.82) is 5.26 Å². The molecule has 1 aliphatic rings. The largest absolute Gasteiger partial charge is 0.488 e. The first-order chi connectivity index (χ1) is 14.6. The molecule has 3 N–H and O–H groups in total. The van der Waals surface area contributed by atoms with Gasteiger partial charge in [0.25, 0.3) is 0 Å². The molecular formula is C21H21BN6O2. The molecule has 1 aromatic carbocycles. The summed E-state index contributed by atoms with van der Waals surface area (Å²) in [4.78, 5) is 15.5. The summed E-state index contributed by atoms with van der Waals surface area (Å²) in [7, 11) is -1.44. The number of anilines is 2. The van der Waals surface area contributed by atoms with Crippen LogP contribution in [0.1, 0.15) is 35.8 Å². The molecule has 0 bridgehead atoms. The normalized spacial score (nSPS) is 16.2. The number of nitriles is 1. The lowest BCUT2D eigenvalue weighted by Crippen LogP contribution is -2.30. The first kappa shape index (κ1) is 20.0. The molecule has 3 aromatic rings. The van der Waals surface area contributed by atoms with Crippen LogP contribution in [0.25, 0.3) is 0 Å². The van der Waals surface area contributed by atoms with Crippen molar-refractivity contribution in [3.8, 4) is 6.07 Å². The highest BCUT2D eigenvalue weighted by Crippen LogP contribution is 2.32. The van der Waals surface area contributed by atoms with Crippen LogP contribution in [0.2, 0.25) is 0 Å². The summed E-state index contributed by atoms with van der Waals surface area (Å²) < 4.78 is 0. The van der Waals surface area contributed by atoms with E-state index in [0.717, 1.165) is 42.9 Å². The maximum absolute atomic E-state index is 9.24. The number of pyridine rings is 1. The topological polar surface area (TPSA) is 118 Å². The molecule has 1 atom stereocenters. The van der Waals surface area contributed by atoms with E-state index in [4.69, 9.17) is 5.26 Å². The van der Waals surface area contributed by atoms with E-state index < -0.39 is 7.12 Å². The maximum atomic E-state index is 9.24. The first-order valence-electron chi connectivity index (χ1n) is 9.76. The molecule has 1 aliphatic heterocycles. The fourth-order valence-electron chi connectivity index (χ4n) is 3.64. The molecule has 30 heavy (non-hydrogen) atoms. The van der Waals surface area contributed by atoms with Crippen molar-refractivity contribution in [3.63, 3.8) is 0 Å². The van der Waals surface area contributed by atoms with Gasteiger partial charge >= 0.3 is 7.12 Å². The molecule has 1 saturated heterocycles. The van der Waals surface area contributed by atoms with Crippen molar-refractivity contribution >= 4 is 24.1 Å². The van der Waals surface area contributed by atoms with Gasteiger partial charge in [0.2, 0.25) is 0 Å². The third-order valence-corrected chi connectivity index (χ3v) is 5.19. The number of hydrogen-bond donors (Lipinski definition) is 3. The van der Waals surface area contributed by atoms with Crippen LogP contribution in [0.3, 0.4) is 0 Å². The average molecular weight is 400 g/mol. The number of likely N-dealkylation sites (tertiary alicyclic amines) is 1. The van der Waals surface area contributed by atoms with E-state index in [-0.39, 0.29) is 6.04 Å². The monoisotopic (exact) mass is 400 g/mol. The van der Waals surface area contributed by atoms with E-state index in [1.165, 1.54) is 0 Å². The molecule has 8 nitrogen and oxygen atoms in total. The number of rotatable bonds is 6. The summed E-state index contributed by atoms with van der Waals surface area (Å²) in [5, 5.41) is 30.4. The molecule has 9 heteroatoms. The molecule has 0 amide bonds. The Labute approximate surface area is 175 Å². The van der Waals surface area contributed by atoms with E-state index in [9.17, 15) is 10.0 Å². The Hall–Kier alpha value is -3.32. The third kappa shape index (κ3) is 4.63. The van der Waals surface area contributed by atoms with Gasteiger partial charge in [0.15, 0.2) is 0 Å². The summed E-state index contributed by atoms with van der Waals surface area (Å²) in [6.07, 6.45) is 7.22. The zero-order valence-electron chi connectivity index (χ0n) is 16.3. The minimum Gasteiger partial charge on any atom is -0.423 e. The van der Waals surface area contributed by atoms with Crippen LogP contribution in [-0.2, 0) is 6.54 Å². The van der Waals surface area contributed by atoms with Gasteiger partial charge in [-0.2, -0.15) is 5.26 Å². The van der Waals surface area contributed by atoms with Gasteiger partial charge in [-0.1, -0.05) is 24.3 Å². The second-order valence-electron chi connectivity index (χ2n) is 7.24. The molecule has 2 aromatic heterocycles. The molecule has 0 aliphatic carbocycles.